The third-order valence-corrected chi connectivity index (χ3v) is 4.12. The monoisotopic (exact) mass is 296 g/mol. The highest BCUT2D eigenvalue weighted by Crippen LogP contribution is 2.22. The molecule has 0 atom stereocenters. The Balaban J connectivity index is 3.07. The molecule has 0 bridgehead atoms. The molecule has 0 aromatic heterocycles. The van der Waals surface area contributed by atoms with Crippen LogP contribution in [0.15, 0.2) is 23.1 Å². The zero-order chi connectivity index (χ0) is 14.0. The molecule has 0 aliphatic carbocycles. The fourth-order valence-corrected chi connectivity index (χ4v) is 2.62. The average Bonchev–Trinajstić information content (AvgIpc) is 2.13. The summed E-state index contributed by atoms with van der Waals surface area (Å²) in [6, 6.07) is 3.16. The first-order chi connectivity index (χ1) is 8.15. The molecule has 1 rings (SSSR count). The summed E-state index contributed by atoms with van der Waals surface area (Å²) in [5.41, 5.74) is 5.12. The van der Waals surface area contributed by atoms with Crippen LogP contribution in [0.2, 0.25) is 0 Å². The van der Waals surface area contributed by atoms with E-state index >= 15 is 0 Å². The number of aliphatic hydroxyl groups is 1. The van der Waals surface area contributed by atoms with E-state index in [0.717, 1.165) is 18.2 Å². The van der Waals surface area contributed by atoms with Crippen LogP contribution in [-0.2, 0) is 20.1 Å². The van der Waals surface area contributed by atoms with Crippen molar-refractivity contribution < 1.29 is 26.5 Å². The minimum Gasteiger partial charge on any atom is -0.398 e. The van der Waals surface area contributed by atoms with Crippen molar-refractivity contribution in [2.24, 2.45) is 0 Å². The molecule has 0 fully saturated rings. The second-order valence-corrected chi connectivity index (χ2v) is 6.60. The smallest absolute Gasteiger partial charge is 0.296 e. The van der Waals surface area contributed by atoms with Gasteiger partial charge in [-0.05, 0) is 18.2 Å². The first kappa shape index (κ1) is 14.7. The van der Waals surface area contributed by atoms with Crippen molar-refractivity contribution in [3.05, 3.63) is 18.2 Å². The molecule has 5 N–H and O–H groups in total. The van der Waals surface area contributed by atoms with E-state index in [1.165, 1.54) is 0 Å². The van der Waals surface area contributed by atoms with E-state index in [9.17, 15) is 16.8 Å². The zero-order valence-corrected chi connectivity index (χ0v) is 10.7. The molecule has 0 unspecified atom stereocenters. The van der Waals surface area contributed by atoms with Gasteiger partial charge in [-0.2, -0.15) is 8.42 Å². The van der Waals surface area contributed by atoms with Crippen LogP contribution in [0.4, 0.5) is 11.4 Å². The van der Waals surface area contributed by atoms with E-state index in [-0.39, 0.29) is 11.4 Å². The van der Waals surface area contributed by atoms with E-state index in [2.05, 4.69) is 4.72 Å². The molecule has 0 spiro atoms. The second kappa shape index (κ2) is 5.10. The van der Waals surface area contributed by atoms with Crippen LogP contribution in [0.5, 0.6) is 0 Å². The summed E-state index contributed by atoms with van der Waals surface area (Å²) in [4.78, 5) is -0.507. The number of rotatable bonds is 5. The summed E-state index contributed by atoms with van der Waals surface area (Å²) in [7, 11) is -8.16. The van der Waals surface area contributed by atoms with Crippen molar-refractivity contribution in [3.63, 3.8) is 0 Å². The van der Waals surface area contributed by atoms with Gasteiger partial charge in [-0.1, -0.05) is 0 Å². The number of benzene rings is 1. The minimum atomic E-state index is -4.45. The Labute approximate surface area is 104 Å². The molecule has 1 aromatic rings. The van der Waals surface area contributed by atoms with E-state index < -0.39 is 37.4 Å². The molecule has 0 radical (unpaired) electrons. The van der Waals surface area contributed by atoms with Gasteiger partial charge in [0, 0.05) is 0 Å². The van der Waals surface area contributed by atoms with Gasteiger partial charge >= 0.3 is 0 Å². The number of anilines is 2. The Hall–Kier alpha value is -1.36. The number of aliphatic hydroxyl groups excluding tert-OH is 1. The van der Waals surface area contributed by atoms with Gasteiger partial charge in [0.15, 0.2) is 0 Å². The Morgan fingerprint density at radius 1 is 1.22 bits per heavy atom. The molecule has 18 heavy (non-hydrogen) atoms. The van der Waals surface area contributed by atoms with Gasteiger partial charge in [-0.3, -0.25) is 9.27 Å². The summed E-state index contributed by atoms with van der Waals surface area (Å²) in [5.74, 6) is -0.493. The molecule has 0 amide bonds. The quantitative estimate of drug-likeness (QED) is 0.413. The normalized spacial score (nSPS) is 12.3. The van der Waals surface area contributed by atoms with E-state index in [0.29, 0.717) is 0 Å². The van der Waals surface area contributed by atoms with Crippen molar-refractivity contribution in [2.75, 3.05) is 22.8 Å². The van der Waals surface area contributed by atoms with E-state index in [1.807, 2.05) is 0 Å². The molecule has 0 saturated heterocycles. The number of nitrogens with two attached hydrogens (primary N) is 1. The molecule has 1 aromatic carbocycles. The van der Waals surface area contributed by atoms with Crippen LogP contribution in [-0.4, -0.2) is 38.9 Å². The fourth-order valence-electron chi connectivity index (χ4n) is 1.20. The van der Waals surface area contributed by atoms with Gasteiger partial charge in [0.1, 0.15) is 4.90 Å². The van der Waals surface area contributed by atoms with Gasteiger partial charge < -0.3 is 10.8 Å². The molecule has 0 aliphatic heterocycles. The SMILES string of the molecule is Nc1cc(NS(=O)(=O)CCO)ccc1S(=O)(=O)O. The van der Waals surface area contributed by atoms with Crippen LogP contribution in [0.3, 0.4) is 0 Å². The van der Waals surface area contributed by atoms with Gasteiger partial charge in [-0.25, -0.2) is 8.42 Å². The lowest BCUT2D eigenvalue weighted by Gasteiger charge is -2.09. The lowest BCUT2D eigenvalue weighted by atomic mass is 10.3. The lowest BCUT2D eigenvalue weighted by Crippen LogP contribution is -2.19. The third kappa shape index (κ3) is 3.84. The predicted octanol–water partition coefficient (Wildman–Crippen LogP) is -0.750. The van der Waals surface area contributed by atoms with Gasteiger partial charge in [0.25, 0.3) is 10.1 Å². The number of hydrogen-bond donors (Lipinski definition) is 4. The summed E-state index contributed by atoms with van der Waals surface area (Å²) in [6.07, 6.45) is 0. The number of nitrogen functional groups attached to an aromatic ring is 1. The highest BCUT2D eigenvalue weighted by atomic mass is 32.2. The maximum Gasteiger partial charge on any atom is 0.296 e. The molecule has 0 aliphatic rings. The van der Waals surface area contributed by atoms with Crippen molar-refractivity contribution in [1.82, 2.24) is 0 Å². The van der Waals surface area contributed by atoms with Crippen LogP contribution in [0.25, 0.3) is 0 Å². The molecular formula is C8H12N2O6S2. The van der Waals surface area contributed by atoms with Gasteiger partial charge in [-0.15, -0.1) is 0 Å². The Kier molecular flexibility index (Phi) is 4.16. The third-order valence-electron chi connectivity index (χ3n) is 1.92. The lowest BCUT2D eigenvalue weighted by molar-refractivity contribution is 0.320. The van der Waals surface area contributed by atoms with Crippen molar-refractivity contribution >= 4 is 31.5 Å². The van der Waals surface area contributed by atoms with Crippen molar-refractivity contribution in [3.8, 4) is 0 Å². The Morgan fingerprint density at radius 3 is 2.28 bits per heavy atom. The van der Waals surface area contributed by atoms with Crippen LogP contribution in [0.1, 0.15) is 0 Å². The molecule has 8 nitrogen and oxygen atoms in total. The first-order valence-corrected chi connectivity index (χ1v) is 7.73. The van der Waals surface area contributed by atoms with E-state index in [1.54, 1.807) is 0 Å². The molecular weight excluding hydrogens is 284 g/mol. The average molecular weight is 296 g/mol. The highest BCUT2D eigenvalue weighted by Gasteiger charge is 2.15. The maximum absolute atomic E-state index is 11.3. The molecule has 0 saturated carbocycles. The Bertz CT molecular complexity index is 638. The highest BCUT2D eigenvalue weighted by molar-refractivity contribution is 7.92. The maximum atomic E-state index is 11.3. The van der Waals surface area contributed by atoms with Crippen LogP contribution in [0, 0.1) is 0 Å². The minimum absolute atomic E-state index is 0.0355. The number of hydrogen-bond acceptors (Lipinski definition) is 6. The van der Waals surface area contributed by atoms with Crippen LogP contribution >= 0.6 is 0 Å². The summed E-state index contributed by atoms with van der Waals surface area (Å²) < 4.78 is 55.2. The summed E-state index contributed by atoms with van der Waals surface area (Å²) in [6.45, 7) is -0.548. The van der Waals surface area contributed by atoms with Crippen LogP contribution < -0.4 is 10.5 Å². The topological polar surface area (TPSA) is 147 Å². The van der Waals surface area contributed by atoms with Gasteiger partial charge in [0.2, 0.25) is 10.0 Å². The second-order valence-electron chi connectivity index (χ2n) is 3.37. The van der Waals surface area contributed by atoms with Gasteiger partial charge in [0.05, 0.1) is 23.7 Å². The fraction of sp³-hybridized carbons (Fsp3) is 0.250. The zero-order valence-electron chi connectivity index (χ0n) is 9.07. The predicted molar refractivity (Wildman–Crippen MR) is 65.2 cm³/mol. The largest absolute Gasteiger partial charge is 0.398 e. The number of nitrogens with one attached hydrogen (secondary N) is 1. The Morgan fingerprint density at radius 2 is 1.83 bits per heavy atom. The summed E-state index contributed by atoms with van der Waals surface area (Å²) >= 11 is 0. The first-order valence-electron chi connectivity index (χ1n) is 4.64. The standard InChI is InChI=1S/C8H12N2O6S2/c9-7-5-6(10-17(12,13)4-3-11)1-2-8(7)18(14,15)16/h1-2,5,10-11H,3-4,9H2,(H,14,15,16). The summed E-state index contributed by atoms with van der Waals surface area (Å²) in [5, 5.41) is 8.53. The van der Waals surface area contributed by atoms with Crippen molar-refractivity contribution in [1.29, 1.82) is 0 Å². The molecule has 0 heterocycles. The number of sulfonamides is 1. The van der Waals surface area contributed by atoms with Crippen molar-refractivity contribution in [2.45, 2.75) is 4.90 Å². The van der Waals surface area contributed by atoms with E-state index in [4.69, 9.17) is 15.4 Å². The molecule has 10 heteroatoms. The molecule has 102 valence electrons.